The number of nitrogens with two attached hydrogens (primary N) is 1. The Balaban J connectivity index is 1.68. The lowest BCUT2D eigenvalue weighted by Crippen LogP contribution is -2.45. The molecule has 0 radical (unpaired) electrons. The smallest absolute Gasteiger partial charge is 0.171 e. The van der Waals surface area contributed by atoms with Crippen molar-refractivity contribution in [3.8, 4) is 0 Å². The number of ether oxygens (including phenoxy) is 2. The monoisotopic (exact) mass is 249 g/mol. The minimum atomic E-state index is -0.317. The largest absolute Gasteiger partial charge is 0.356 e. The lowest BCUT2D eigenvalue weighted by atomic mass is 10.0. The third-order valence-electron chi connectivity index (χ3n) is 3.71. The molecule has 1 aromatic heterocycles. The number of anilines is 1. The zero-order valence-corrected chi connectivity index (χ0v) is 10.5. The highest BCUT2D eigenvalue weighted by atomic mass is 16.7. The molecule has 0 amide bonds. The van der Waals surface area contributed by atoms with E-state index in [1.54, 1.807) is 0 Å². The van der Waals surface area contributed by atoms with Crippen LogP contribution in [0.15, 0.2) is 18.3 Å². The number of nitrogens with zero attached hydrogens (tertiary/aromatic N) is 2. The van der Waals surface area contributed by atoms with E-state index < -0.39 is 0 Å². The van der Waals surface area contributed by atoms with Crippen LogP contribution in [0.4, 0.5) is 5.82 Å². The molecule has 5 nitrogen and oxygen atoms in total. The molecule has 1 spiro atoms. The van der Waals surface area contributed by atoms with Crippen LogP contribution in [0.25, 0.3) is 0 Å². The van der Waals surface area contributed by atoms with Crippen molar-refractivity contribution >= 4 is 5.82 Å². The summed E-state index contributed by atoms with van der Waals surface area (Å²) in [6.07, 6.45) is 3.63. The molecule has 2 aliphatic heterocycles. The van der Waals surface area contributed by atoms with Gasteiger partial charge in [-0.3, -0.25) is 0 Å². The van der Waals surface area contributed by atoms with Crippen molar-refractivity contribution in [3.63, 3.8) is 0 Å². The van der Waals surface area contributed by atoms with E-state index in [0.29, 0.717) is 6.54 Å². The molecule has 1 aromatic rings. The van der Waals surface area contributed by atoms with Crippen LogP contribution in [-0.4, -0.2) is 37.1 Å². The average molecular weight is 249 g/mol. The third-order valence-corrected chi connectivity index (χ3v) is 3.71. The SMILES string of the molecule is NCc1ccnc(N2CCC3(CC2)OCCO3)c1. The van der Waals surface area contributed by atoms with Crippen LogP contribution in [0.1, 0.15) is 18.4 Å². The van der Waals surface area contributed by atoms with Crippen molar-refractivity contribution in [3.05, 3.63) is 23.9 Å². The molecular weight excluding hydrogens is 230 g/mol. The van der Waals surface area contributed by atoms with Crippen LogP contribution in [-0.2, 0) is 16.0 Å². The number of hydrogen-bond acceptors (Lipinski definition) is 5. The van der Waals surface area contributed by atoms with Crippen molar-refractivity contribution in [1.82, 2.24) is 4.98 Å². The van der Waals surface area contributed by atoms with Crippen molar-refractivity contribution in [2.75, 3.05) is 31.2 Å². The minimum Gasteiger partial charge on any atom is -0.356 e. The van der Waals surface area contributed by atoms with Crippen LogP contribution in [0.2, 0.25) is 0 Å². The van der Waals surface area contributed by atoms with Gasteiger partial charge in [-0.05, 0) is 17.7 Å². The van der Waals surface area contributed by atoms with Gasteiger partial charge in [-0.2, -0.15) is 0 Å². The molecule has 18 heavy (non-hydrogen) atoms. The quantitative estimate of drug-likeness (QED) is 0.843. The topological polar surface area (TPSA) is 60.6 Å². The van der Waals surface area contributed by atoms with Gasteiger partial charge in [0.25, 0.3) is 0 Å². The summed E-state index contributed by atoms with van der Waals surface area (Å²) in [5.41, 5.74) is 6.78. The normalized spacial score (nSPS) is 22.6. The van der Waals surface area contributed by atoms with Crippen molar-refractivity contribution in [2.24, 2.45) is 5.73 Å². The van der Waals surface area contributed by atoms with E-state index in [1.807, 2.05) is 12.3 Å². The fourth-order valence-electron chi connectivity index (χ4n) is 2.62. The fourth-order valence-corrected chi connectivity index (χ4v) is 2.62. The minimum absolute atomic E-state index is 0.317. The summed E-state index contributed by atoms with van der Waals surface area (Å²) in [6, 6.07) is 4.02. The molecular formula is C13H19N3O2. The predicted octanol–water partition coefficient (Wildman–Crippen LogP) is 0.884. The first-order chi connectivity index (χ1) is 8.81. The zero-order valence-electron chi connectivity index (χ0n) is 10.5. The molecule has 98 valence electrons. The van der Waals surface area contributed by atoms with Gasteiger partial charge in [-0.15, -0.1) is 0 Å². The molecule has 0 aromatic carbocycles. The third kappa shape index (κ3) is 2.21. The molecule has 3 heterocycles. The number of rotatable bonds is 2. The molecule has 2 saturated heterocycles. The molecule has 2 N–H and O–H groups in total. The Bertz CT molecular complexity index is 408. The summed E-state index contributed by atoms with van der Waals surface area (Å²) in [6.45, 7) is 3.84. The second-order valence-electron chi connectivity index (χ2n) is 4.82. The van der Waals surface area contributed by atoms with Crippen molar-refractivity contribution in [1.29, 1.82) is 0 Å². The summed E-state index contributed by atoms with van der Waals surface area (Å²) in [5.74, 6) is 0.688. The Morgan fingerprint density at radius 2 is 2.00 bits per heavy atom. The molecule has 2 aliphatic rings. The summed E-state index contributed by atoms with van der Waals surface area (Å²) in [4.78, 5) is 6.69. The van der Waals surface area contributed by atoms with Crippen LogP contribution in [0.5, 0.6) is 0 Å². The predicted molar refractivity (Wildman–Crippen MR) is 68.2 cm³/mol. The average Bonchev–Trinajstić information content (AvgIpc) is 2.88. The number of hydrogen-bond donors (Lipinski definition) is 1. The first-order valence-electron chi connectivity index (χ1n) is 6.49. The summed E-state index contributed by atoms with van der Waals surface area (Å²) in [7, 11) is 0. The van der Waals surface area contributed by atoms with Gasteiger partial charge in [0, 0.05) is 38.7 Å². The van der Waals surface area contributed by atoms with Gasteiger partial charge in [-0.25, -0.2) is 4.98 Å². The standard InChI is InChI=1S/C13H19N3O2/c14-10-11-1-4-15-12(9-11)16-5-2-13(3-6-16)17-7-8-18-13/h1,4,9H,2-3,5-8,10,14H2. The van der Waals surface area contributed by atoms with Gasteiger partial charge in [0.2, 0.25) is 0 Å². The van der Waals surface area contributed by atoms with Crippen LogP contribution in [0.3, 0.4) is 0 Å². The summed E-state index contributed by atoms with van der Waals surface area (Å²) < 4.78 is 11.4. The lowest BCUT2D eigenvalue weighted by molar-refractivity contribution is -0.169. The Morgan fingerprint density at radius 3 is 2.67 bits per heavy atom. The Morgan fingerprint density at radius 1 is 1.28 bits per heavy atom. The first-order valence-corrected chi connectivity index (χ1v) is 6.49. The van der Waals surface area contributed by atoms with Crippen molar-refractivity contribution < 1.29 is 9.47 Å². The second-order valence-corrected chi connectivity index (χ2v) is 4.82. The van der Waals surface area contributed by atoms with Gasteiger partial charge in [-0.1, -0.05) is 0 Å². The molecule has 0 atom stereocenters. The Labute approximate surface area is 107 Å². The van der Waals surface area contributed by atoms with Gasteiger partial charge < -0.3 is 20.1 Å². The van der Waals surface area contributed by atoms with E-state index >= 15 is 0 Å². The molecule has 0 unspecified atom stereocenters. The molecule has 5 heteroatoms. The Kier molecular flexibility index (Phi) is 3.20. The lowest BCUT2D eigenvalue weighted by Gasteiger charge is -2.38. The van der Waals surface area contributed by atoms with E-state index in [0.717, 1.165) is 50.5 Å². The van der Waals surface area contributed by atoms with Gasteiger partial charge in [0.05, 0.1) is 13.2 Å². The van der Waals surface area contributed by atoms with Crippen LogP contribution < -0.4 is 10.6 Å². The maximum Gasteiger partial charge on any atom is 0.171 e. The van der Waals surface area contributed by atoms with E-state index in [1.165, 1.54) is 0 Å². The number of aromatic nitrogens is 1. The molecule has 0 bridgehead atoms. The molecule has 0 saturated carbocycles. The summed E-state index contributed by atoms with van der Waals surface area (Å²) >= 11 is 0. The maximum atomic E-state index is 5.72. The van der Waals surface area contributed by atoms with E-state index in [4.69, 9.17) is 15.2 Å². The molecule has 2 fully saturated rings. The fraction of sp³-hybridized carbons (Fsp3) is 0.615. The van der Waals surface area contributed by atoms with Gasteiger partial charge in [0.15, 0.2) is 5.79 Å². The number of piperidine rings is 1. The molecule has 3 rings (SSSR count). The highest BCUT2D eigenvalue weighted by molar-refractivity contribution is 5.41. The van der Waals surface area contributed by atoms with Gasteiger partial charge >= 0.3 is 0 Å². The van der Waals surface area contributed by atoms with E-state index in [9.17, 15) is 0 Å². The Hall–Kier alpha value is -1.17. The second kappa shape index (κ2) is 4.84. The highest BCUT2D eigenvalue weighted by Gasteiger charge is 2.39. The van der Waals surface area contributed by atoms with E-state index in [-0.39, 0.29) is 5.79 Å². The maximum absolute atomic E-state index is 5.72. The summed E-state index contributed by atoms with van der Waals surface area (Å²) in [5, 5.41) is 0. The van der Waals surface area contributed by atoms with Crippen molar-refractivity contribution in [2.45, 2.75) is 25.2 Å². The zero-order chi connectivity index (χ0) is 12.4. The molecule has 0 aliphatic carbocycles. The van der Waals surface area contributed by atoms with Crippen LogP contribution in [0, 0.1) is 0 Å². The van der Waals surface area contributed by atoms with Crippen LogP contribution >= 0.6 is 0 Å². The van der Waals surface area contributed by atoms with E-state index in [2.05, 4.69) is 16.0 Å². The first kappa shape index (κ1) is 11.9. The van der Waals surface area contributed by atoms with Gasteiger partial charge in [0.1, 0.15) is 5.82 Å². The highest BCUT2D eigenvalue weighted by Crippen LogP contribution is 2.32. The number of pyridine rings is 1.